The molecule has 0 spiro atoms. The van der Waals surface area contributed by atoms with Gasteiger partial charge < -0.3 is 18.9 Å². The first-order valence-corrected chi connectivity index (χ1v) is 10.7. The molecule has 0 saturated heterocycles. The molecule has 0 N–H and O–H groups in total. The van der Waals surface area contributed by atoms with E-state index in [1.807, 2.05) is 42.5 Å². The highest BCUT2D eigenvalue weighted by atomic mass is 31.1. The molecule has 3 aromatic rings. The maximum absolute atomic E-state index is 5.95. The largest absolute Gasteiger partial charge is 0.496 e. The van der Waals surface area contributed by atoms with Crippen LogP contribution in [0.15, 0.2) is 60.7 Å². The van der Waals surface area contributed by atoms with Crippen LogP contribution in [0.3, 0.4) is 0 Å². The number of rotatable bonds is 8. The maximum Gasteiger partial charge on any atom is 0.188 e. The molecule has 0 aliphatic carbocycles. The molecule has 0 radical (unpaired) electrons. The highest BCUT2D eigenvalue weighted by Gasteiger charge is 2.29. The van der Waals surface area contributed by atoms with Crippen molar-refractivity contribution < 1.29 is 18.9 Å². The van der Waals surface area contributed by atoms with Gasteiger partial charge in [0, 0.05) is 23.0 Å². The van der Waals surface area contributed by atoms with Crippen molar-refractivity contribution in [3.8, 4) is 17.2 Å². The third-order valence-corrected chi connectivity index (χ3v) is 7.62. The lowest BCUT2D eigenvalue weighted by Crippen LogP contribution is -2.27. The Morgan fingerprint density at radius 1 is 0.655 bits per heavy atom. The normalized spacial score (nSPS) is 10.8. The average Bonchev–Trinajstić information content (AvgIpc) is 2.75. The van der Waals surface area contributed by atoms with Crippen molar-refractivity contribution in [2.75, 3.05) is 28.1 Å². The molecule has 0 bridgehead atoms. The van der Waals surface area contributed by atoms with Crippen molar-refractivity contribution in [3.63, 3.8) is 0 Å². The number of hydrogen-bond acceptors (Lipinski definition) is 4. The van der Waals surface area contributed by atoms with E-state index in [9.17, 15) is 0 Å². The van der Waals surface area contributed by atoms with E-state index in [0.29, 0.717) is 0 Å². The summed E-state index contributed by atoms with van der Waals surface area (Å²) in [5.74, 6) is 2.53. The van der Waals surface area contributed by atoms with E-state index in [2.05, 4.69) is 32.0 Å². The molecule has 0 atom stereocenters. The molecule has 3 rings (SSSR count). The first kappa shape index (κ1) is 21.2. The fraction of sp³-hybridized carbons (Fsp3) is 0.250. The number of aryl methyl sites for hydroxylation is 2. The second-order valence-corrected chi connectivity index (χ2v) is 8.65. The molecule has 0 heterocycles. The summed E-state index contributed by atoms with van der Waals surface area (Å²) in [7, 11) is 4.05. The molecule has 4 nitrogen and oxygen atoms in total. The summed E-state index contributed by atoms with van der Waals surface area (Å²) in [5.41, 5.74) is 2.34. The second-order valence-electron chi connectivity index (χ2n) is 6.61. The van der Waals surface area contributed by atoms with Crippen molar-refractivity contribution in [1.29, 1.82) is 0 Å². The van der Waals surface area contributed by atoms with Gasteiger partial charge in [0.2, 0.25) is 0 Å². The topological polar surface area (TPSA) is 36.9 Å². The fourth-order valence-electron chi connectivity index (χ4n) is 3.41. The van der Waals surface area contributed by atoms with E-state index in [1.54, 1.807) is 21.3 Å². The van der Waals surface area contributed by atoms with Crippen LogP contribution in [0.2, 0.25) is 0 Å². The van der Waals surface area contributed by atoms with E-state index >= 15 is 0 Å². The fourth-order valence-corrected chi connectivity index (χ4v) is 6.33. The Hall–Kier alpha value is -2.55. The smallest absolute Gasteiger partial charge is 0.188 e. The van der Waals surface area contributed by atoms with Crippen molar-refractivity contribution >= 4 is 23.8 Å². The summed E-state index contributed by atoms with van der Waals surface area (Å²) >= 11 is 0. The predicted molar refractivity (Wildman–Crippen MR) is 120 cm³/mol. The summed E-state index contributed by atoms with van der Waals surface area (Å²) in [5, 5.41) is 3.41. The van der Waals surface area contributed by atoms with E-state index in [4.69, 9.17) is 18.9 Å². The molecular formula is C24H27O4P. The standard InChI is InChI=1S/C24H27O4P/c1-17-10-8-13-20(26-4)23(17)29(24-18(2)11-9-14-21(24)27-5)22-15-7-6-12-19(22)28-16-25-3/h6-15H,16H2,1-5H3. The molecule has 0 fully saturated rings. The Bertz CT molecular complexity index is 917. The van der Waals surface area contributed by atoms with Gasteiger partial charge in [-0.25, -0.2) is 0 Å². The van der Waals surface area contributed by atoms with Gasteiger partial charge in [-0.3, -0.25) is 0 Å². The minimum atomic E-state index is -1.01. The number of para-hydroxylation sites is 1. The first-order chi connectivity index (χ1) is 14.1. The summed E-state index contributed by atoms with van der Waals surface area (Å²) in [6.45, 7) is 4.43. The highest BCUT2D eigenvalue weighted by molar-refractivity contribution is 7.80. The summed E-state index contributed by atoms with van der Waals surface area (Å²) in [4.78, 5) is 0. The molecular weight excluding hydrogens is 383 g/mol. The van der Waals surface area contributed by atoms with Gasteiger partial charge in [-0.05, 0) is 51.1 Å². The molecule has 29 heavy (non-hydrogen) atoms. The Balaban J connectivity index is 2.35. The Kier molecular flexibility index (Phi) is 7.13. The van der Waals surface area contributed by atoms with Crippen LogP contribution >= 0.6 is 7.92 Å². The van der Waals surface area contributed by atoms with Crippen LogP contribution in [0.5, 0.6) is 17.2 Å². The van der Waals surface area contributed by atoms with Gasteiger partial charge in [-0.1, -0.05) is 42.5 Å². The predicted octanol–water partition coefficient (Wildman–Crippen LogP) is 4.06. The van der Waals surface area contributed by atoms with Crippen LogP contribution < -0.4 is 30.1 Å². The molecule has 5 heteroatoms. The Morgan fingerprint density at radius 3 is 1.69 bits per heavy atom. The monoisotopic (exact) mass is 410 g/mol. The highest BCUT2D eigenvalue weighted by Crippen LogP contribution is 2.44. The third kappa shape index (κ3) is 4.39. The van der Waals surface area contributed by atoms with Gasteiger partial charge in [-0.2, -0.15) is 0 Å². The van der Waals surface area contributed by atoms with Crippen LogP contribution in [0.25, 0.3) is 0 Å². The molecule has 3 aromatic carbocycles. The molecule has 0 aromatic heterocycles. The van der Waals surface area contributed by atoms with Crippen molar-refractivity contribution in [3.05, 3.63) is 71.8 Å². The maximum atomic E-state index is 5.95. The van der Waals surface area contributed by atoms with Gasteiger partial charge in [0.05, 0.1) is 14.2 Å². The van der Waals surface area contributed by atoms with Crippen molar-refractivity contribution in [1.82, 2.24) is 0 Å². The molecule has 0 unspecified atom stereocenters. The molecule has 0 saturated carbocycles. The van der Waals surface area contributed by atoms with E-state index < -0.39 is 7.92 Å². The average molecular weight is 410 g/mol. The number of methoxy groups -OCH3 is 3. The number of hydrogen-bond donors (Lipinski definition) is 0. The van der Waals surface area contributed by atoms with Gasteiger partial charge in [0.1, 0.15) is 17.2 Å². The van der Waals surface area contributed by atoms with Crippen LogP contribution in [0.1, 0.15) is 11.1 Å². The number of ether oxygens (including phenoxy) is 4. The lowest BCUT2D eigenvalue weighted by Gasteiger charge is -2.27. The Labute approximate surface area is 174 Å². The zero-order chi connectivity index (χ0) is 20.8. The molecule has 152 valence electrons. The van der Waals surface area contributed by atoms with Gasteiger partial charge >= 0.3 is 0 Å². The minimum Gasteiger partial charge on any atom is -0.496 e. The lowest BCUT2D eigenvalue weighted by atomic mass is 10.2. The molecule has 0 aliphatic heterocycles. The summed E-state index contributed by atoms with van der Waals surface area (Å²) in [6, 6.07) is 20.4. The summed E-state index contributed by atoms with van der Waals surface area (Å²) in [6.07, 6.45) is 0. The zero-order valence-corrected chi connectivity index (χ0v) is 18.5. The SMILES string of the molecule is COCOc1ccccc1P(c1c(C)cccc1OC)c1c(C)cccc1OC. The first-order valence-electron chi connectivity index (χ1n) is 9.40. The zero-order valence-electron chi connectivity index (χ0n) is 17.6. The van der Waals surface area contributed by atoms with Crippen molar-refractivity contribution in [2.45, 2.75) is 13.8 Å². The van der Waals surface area contributed by atoms with Crippen molar-refractivity contribution in [2.24, 2.45) is 0 Å². The quantitative estimate of drug-likeness (QED) is 0.415. The van der Waals surface area contributed by atoms with Gasteiger partial charge in [0.15, 0.2) is 6.79 Å². The lowest BCUT2D eigenvalue weighted by molar-refractivity contribution is 0.0519. The van der Waals surface area contributed by atoms with Crippen LogP contribution in [-0.2, 0) is 4.74 Å². The van der Waals surface area contributed by atoms with E-state index in [1.165, 1.54) is 11.1 Å². The number of benzene rings is 3. The van der Waals surface area contributed by atoms with Crippen LogP contribution in [0, 0.1) is 13.8 Å². The van der Waals surface area contributed by atoms with E-state index in [-0.39, 0.29) is 6.79 Å². The minimum absolute atomic E-state index is 0.190. The van der Waals surface area contributed by atoms with Gasteiger partial charge in [0.25, 0.3) is 0 Å². The molecule has 0 amide bonds. The van der Waals surface area contributed by atoms with Crippen LogP contribution in [-0.4, -0.2) is 28.1 Å². The molecule has 0 aliphatic rings. The second kappa shape index (κ2) is 9.78. The van der Waals surface area contributed by atoms with Gasteiger partial charge in [-0.15, -0.1) is 0 Å². The van der Waals surface area contributed by atoms with Crippen LogP contribution in [0.4, 0.5) is 0 Å². The van der Waals surface area contributed by atoms with E-state index in [0.717, 1.165) is 33.2 Å². The Morgan fingerprint density at radius 2 is 1.17 bits per heavy atom. The third-order valence-electron chi connectivity index (χ3n) is 4.73. The summed E-state index contributed by atoms with van der Waals surface area (Å²) < 4.78 is 22.7.